The van der Waals surface area contributed by atoms with E-state index in [1.54, 1.807) is 20.3 Å². The lowest BCUT2D eigenvalue weighted by atomic mass is 10.2. The van der Waals surface area contributed by atoms with Crippen LogP contribution in [0.4, 0.5) is 0 Å². The van der Waals surface area contributed by atoms with Gasteiger partial charge in [-0.2, -0.15) is 0 Å². The molecule has 1 aromatic heterocycles. The summed E-state index contributed by atoms with van der Waals surface area (Å²) in [5.74, 6) is 2.21. The summed E-state index contributed by atoms with van der Waals surface area (Å²) in [6, 6.07) is 9.29. The van der Waals surface area contributed by atoms with Crippen LogP contribution in [0, 0.1) is 0 Å². The van der Waals surface area contributed by atoms with Crippen LogP contribution in [0.2, 0.25) is 0 Å². The number of hydrogen-bond donors (Lipinski definition) is 0. The molecule has 1 aromatic carbocycles. The lowest BCUT2D eigenvalue weighted by molar-refractivity contribution is 0.276. The van der Waals surface area contributed by atoms with Crippen LogP contribution in [0.25, 0.3) is 0 Å². The van der Waals surface area contributed by atoms with Gasteiger partial charge in [-0.1, -0.05) is 6.07 Å². The number of aromatic nitrogens is 1. The van der Waals surface area contributed by atoms with Gasteiger partial charge in [-0.05, 0) is 39.7 Å². The zero-order valence-corrected chi connectivity index (χ0v) is 14.1. The first-order chi connectivity index (χ1) is 10.2. The molecule has 2 aromatic rings. The molecule has 0 N–H and O–H groups in total. The van der Waals surface area contributed by atoms with E-state index >= 15 is 0 Å². The van der Waals surface area contributed by atoms with E-state index in [1.165, 1.54) is 0 Å². The smallest absolute Gasteiger partial charge is 0.213 e. The maximum Gasteiger partial charge on any atom is 0.213 e. The Morgan fingerprint density at radius 2 is 2.00 bits per heavy atom. The Bertz CT molecular complexity index is 622. The first-order valence-electron chi connectivity index (χ1n) is 6.23. The highest BCUT2D eigenvalue weighted by atomic mass is 79.9. The zero-order valence-electron chi connectivity index (χ0n) is 11.7. The summed E-state index contributed by atoms with van der Waals surface area (Å²) >= 11 is 9.32. The van der Waals surface area contributed by atoms with E-state index in [-0.39, 0.29) is 0 Å². The Morgan fingerprint density at radius 3 is 2.67 bits per heavy atom. The third kappa shape index (κ3) is 4.02. The van der Waals surface area contributed by atoms with E-state index in [9.17, 15) is 0 Å². The standard InChI is InChI=1S/C15H15BrClNO3/c1-19-13-7-10(8-17)6-12(16)15(13)21-9-11-4-3-5-14(18-11)20-2/h3-7H,8-9H2,1-2H3. The molecule has 0 spiro atoms. The van der Waals surface area contributed by atoms with Crippen LogP contribution in [0.3, 0.4) is 0 Å². The van der Waals surface area contributed by atoms with Gasteiger partial charge < -0.3 is 14.2 Å². The summed E-state index contributed by atoms with van der Waals surface area (Å²) < 4.78 is 17.0. The highest BCUT2D eigenvalue weighted by Gasteiger charge is 2.12. The molecule has 0 unspecified atom stereocenters. The third-order valence-corrected chi connectivity index (χ3v) is 3.70. The number of hydrogen-bond acceptors (Lipinski definition) is 4. The number of benzene rings is 1. The van der Waals surface area contributed by atoms with Crippen molar-refractivity contribution in [2.45, 2.75) is 12.5 Å². The van der Waals surface area contributed by atoms with Gasteiger partial charge in [0.1, 0.15) is 6.61 Å². The number of methoxy groups -OCH3 is 2. The van der Waals surface area contributed by atoms with E-state index in [0.29, 0.717) is 29.9 Å². The lowest BCUT2D eigenvalue weighted by Crippen LogP contribution is -2.02. The van der Waals surface area contributed by atoms with E-state index in [1.807, 2.05) is 24.3 Å². The summed E-state index contributed by atoms with van der Waals surface area (Å²) in [4.78, 5) is 4.30. The van der Waals surface area contributed by atoms with E-state index < -0.39 is 0 Å². The van der Waals surface area contributed by atoms with Gasteiger partial charge in [-0.15, -0.1) is 11.6 Å². The minimum atomic E-state index is 0.312. The molecule has 0 aliphatic carbocycles. The fourth-order valence-electron chi connectivity index (χ4n) is 1.79. The van der Waals surface area contributed by atoms with Gasteiger partial charge in [-0.25, -0.2) is 4.98 Å². The van der Waals surface area contributed by atoms with Crippen LogP contribution in [-0.4, -0.2) is 19.2 Å². The highest BCUT2D eigenvalue weighted by Crippen LogP contribution is 2.37. The van der Waals surface area contributed by atoms with Crippen LogP contribution >= 0.6 is 27.5 Å². The lowest BCUT2D eigenvalue weighted by Gasteiger charge is -2.13. The molecule has 2 rings (SSSR count). The molecule has 0 saturated carbocycles. The topological polar surface area (TPSA) is 40.6 Å². The second-order valence-electron chi connectivity index (χ2n) is 4.20. The maximum atomic E-state index is 5.85. The van der Waals surface area contributed by atoms with Crippen molar-refractivity contribution < 1.29 is 14.2 Å². The van der Waals surface area contributed by atoms with E-state index in [2.05, 4.69) is 20.9 Å². The normalized spacial score (nSPS) is 10.3. The molecule has 0 atom stereocenters. The SMILES string of the molecule is COc1cccc(COc2c(Br)cc(CCl)cc2OC)n1. The Hall–Kier alpha value is -1.46. The molecule has 0 aliphatic heterocycles. The Morgan fingerprint density at radius 1 is 1.19 bits per heavy atom. The van der Waals surface area contributed by atoms with Gasteiger partial charge in [0.25, 0.3) is 0 Å². The molecule has 0 saturated heterocycles. The monoisotopic (exact) mass is 371 g/mol. The third-order valence-electron chi connectivity index (χ3n) is 2.80. The Balaban J connectivity index is 2.19. The quantitative estimate of drug-likeness (QED) is 0.713. The second-order valence-corrected chi connectivity index (χ2v) is 5.32. The molecule has 0 aliphatic rings. The van der Waals surface area contributed by atoms with Gasteiger partial charge >= 0.3 is 0 Å². The van der Waals surface area contributed by atoms with Crippen LogP contribution in [0.15, 0.2) is 34.8 Å². The molecule has 0 bridgehead atoms. The molecule has 0 amide bonds. The van der Waals surface area contributed by atoms with Crippen LogP contribution < -0.4 is 14.2 Å². The number of halogens is 2. The Labute approximate surface area is 137 Å². The molecule has 0 fully saturated rings. The van der Waals surface area contributed by atoms with Gasteiger partial charge in [0.15, 0.2) is 11.5 Å². The predicted molar refractivity (Wildman–Crippen MR) is 85.4 cm³/mol. The van der Waals surface area contributed by atoms with Crippen molar-refractivity contribution in [3.63, 3.8) is 0 Å². The summed E-state index contributed by atoms with van der Waals surface area (Å²) in [7, 11) is 3.17. The molecule has 1 heterocycles. The van der Waals surface area contributed by atoms with Gasteiger partial charge in [0.05, 0.1) is 24.4 Å². The molecule has 0 radical (unpaired) electrons. The number of ether oxygens (including phenoxy) is 3. The first kappa shape index (κ1) is 15.9. The fourth-order valence-corrected chi connectivity index (χ4v) is 2.55. The van der Waals surface area contributed by atoms with Crippen molar-refractivity contribution in [2.75, 3.05) is 14.2 Å². The number of alkyl halides is 1. The van der Waals surface area contributed by atoms with Crippen LogP contribution in [-0.2, 0) is 12.5 Å². The molecule has 112 valence electrons. The van der Waals surface area contributed by atoms with Crippen molar-refractivity contribution in [3.05, 3.63) is 46.1 Å². The van der Waals surface area contributed by atoms with Crippen LogP contribution in [0.5, 0.6) is 17.4 Å². The van der Waals surface area contributed by atoms with Gasteiger partial charge in [0.2, 0.25) is 5.88 Å². The number of pyridine rings is 1. The number of nitrogens with zero attached hydrogens (tertiary/aromatic N) is 1. The molecule has 21 heavy (non-hydrogen) atoms. The highest BCUT2D eigenvalue weighted by molar-refractivity contribution is 9.10. The first-order valence-corrected chi connectivity index (χ1v) is 7.55. The minimum absolute atomic E-state index is 0.312. The molecular formula is C15H15BrClNO3. The van der Waals surface area contributed by atoms with Crippen molar-refractivity contribution in [1.82, 2.24) is 4.98 Å². The maximum absolute atomic E-state index is 5.85. The predicted octanol–water partition coefficient (Wildman–Crippen LogP) is 4.18. The fraction of sp³-hybridized carbons (Fsp3) is 0.267. The molecule has 4 nitrogen and oxygen atoms in total. The average molecular weight is 373 g/mol. The van der Waals surface area contributed by atoms with Crippen molar-refractivity contribution in [1.29, 1.82) is 0 Å². The van der Waals surface area contributed by atoms with Crippen molar-refractivity contribution in [3.8, 4) is 17.4 Å². The second kappa shape index (κ2) is 7.52. The molecular weight excluding hydrogens is 358 g/mol. The van der Waals surface area contributed by atoms with Crippen LogP contribution in [0.1, 0.15) is 11.3 Å². The summed E-state index contributed by atoms with van der Waals surface area (Å²) in [5, 5.41) is 0. The van der Waals surface area contributed by atoms with Crippen molar-refractivity contribution >= 4 is 27.5 Å². The Kier molecular flexibility index (Phi) is 5.70. The number of rotatable bonds is 6. The summed E-state index contributed by atoms with van der Waals surface area (Å²) in [5.41, 5.74) is 1.72. The van der Waals surface area contributed by atoms with Gasteiger partial charge in [-0.3, -0.25) is 0 Å². The summed E-state index contributed by atoms with van der Waals surface area (Å²) in [6.45, 7) is 0.312. The average Bonchev–Trinajstić information content (AvgIpc) is 2.53. The summed E-state index contributed by atoms with van der Waals surface area (Å²) in [6.07, 6.45) is 0. The van der Waals surface area contributed by atoms with Gasteiger partial charge in [0, 0.05) is 11.9 Å². The zero-order chi connectivity index (χ0) is 15.2. The van der Waals surface area contributed by atoms with E-state index in [4.69, 9.17) is 25.8 Å². The largest absolute Gasteiger partial charge is 0.493 e. The minimum Gasteiger partial charge on any atom is -0.493 e. The molecule has 6 heteroatoms. The van der Waals surface area contributed by atoms with Crippen molar-refractivity contribution in [2.24, 2.45) is 0 Å². The van der Waals surface area contributed by atoms with E-state index in [0.717, 1.165) is 15.7 Å².